The van der Waals surface area contributed by atoms with E-state index in [0.29, 0.717) is 5.92 Å². The molecular weight excluding hydrogens is 316 g/mol. The van der Waals surface area contributed by atoms with Gasteiger partial charge in [0.2, 0.25) is 0 Å². The van der Waals surface area contributed by atoms with Crippen LogP contribution in [0.2, 0.25) is 0 Å². The van der Waals surface area contributed by atoms with E-state index in [1.165, 1.54) is 16.7 Å². The minimum Gasteiger partial charge on any atom is -0.493 e. The predicted octanol–water partition coefficient (Wildman–Crippen LogP) is 4.23. The van der Waals surface area contributed by atoms with Crippen molar-refractivity contribution in [3.63, 3.8) is 0 Å². The smallest absolute Gasteiger partial charge is 0.122 e. The van der Waals surface area contributed by atoms with E-state index in [-0.39, 0.29) is 4.83 Å². The van der Waals surface area contributed by atoms with Gasteiger partial charge in [-0.3, -0.25) is 0 Å². The van der Waals surface area contributed by atoms with Crippen LogP contribution < -0.4 is 9.47 Å². The molecule has 2 aliphatic rings. The molecule has 2 aromatic rings. The highest BCUT2D eigenvalue weighted by Crippen LogP contribution is 2.46. The molecule has 20 heavy (non-hydrogen) atoms. The van der Waals surface area contributed by atoms with Gasteiger partial charge >= 0.3 is 0 Å². The van der Waals surface area contributed by atoms with Gasteiger partial charge < -0.3 is 9.47 Å². The number of alkyl halides is 1. The second-order valence-electron chi connectivity index (χ2n) is 5.32. The maximum absolute atomic E-state index is 5.79. The first-order valence-corrected chi connectivity index (χ1v) is 7.86. The Kier molecular flexibility index (Phi) is 2.95. The topological polar surface area (TPSA) is 18.5 Å². The molecule has 0 saturated carbocycles. The Bertz CT molecular complexity index is 653. The Hall–Kier alpha value is -1.48. The number of hydrogen-bond donors (Lipinski definition) is 0. The fourth-order valence-electron chi connectivity index (χ4n) is 3.04. The molecule has 0 fully saturated rings. The van der Waals surface area contributed by atoms with Crippen molar-refractivity contribution in [2.45, 2.75) is 17.2 Å². The summed E-state index contributed by atoms with van der Waals surface area (Å²) in [5, 5.41) is 0. The monoisotopic (exact) mass is 330 g/mol. The Morgan fingerprint density at radius 3 is 2.90 bits per heavy atom. The number of rotatable bonds is 2. The molecule has 0 saturated heterocycles. The molecule has 0 aliphatic carbocycles. The van der Waals surface area contributed by atoms with Crippen molar-refractivity contribution < 1.29 is 9.47 Å². The fourth-order valence-corrected chi connectivity index (χ4v) is 3.76. The predicted molar refractivity (Wildman–Crippen MR) is 82.0 cm³/mol. The maximum atomic E-state index is 5.79. The SMILES string of the molecule is BrC(c1ccc2c(c1)CCO2)C1COc2ccccc21. The summed E-state index contributed by atoms with van der Waals surface area (Å²) in [6.07, 6.45) is 1.01. The number of ether oxygens (including phenoxy) is 2. The van der Waals surface area contributed by atoms with E-state index >= 15 is 0 Å². The molecule has 2 heterocycles. The lowest BCUT2D eigenvalue weighted by Crippen LogP contribution is -2.07. The van der Waals surface area contributed by atoms with E-state index < -0.39 is 0 Å². The molecule has 0 amide bonds. The van der Waals surface area contributed by atoms with Crippen molar-refractivity contribution in [1.29, 1.82) is 0 Å². The van der Waals surface area contributed by atoms with Crippen molar-refractivity contribution in [1.82, 2.24) is 0 Å². The quantitative estimate of drug-likeness (QED) is 0.767. The summed E-state index contributed by atoms with van der Waals surface area (Å²) in [5.41, 5.74) is 3.92. The summed E-state index contributed by atoms with van der Waals surface area (Å²) < 4.78 is 11.4. The zero-order chi connectivity index (χ0) is 13.5. The van der Waals surface area contributed by atoms with Crippen LogP contribution in [0.5, 0.6) is 11.5 Å². The van der Waals surface area contributed by atoms with Crippen molar-refractivity contribution in [2.24, 2.45) is 0 Å². The van der Waals surface area contributed by atoms with Crippen LogP contribution in [0.3, 0.4) is 0 Å². The first-order chi connectivity index (χ1) is 9.83. The number of fused-ring (bicyclic) bond motifs is 2. The molecule has 102 valence electrons. The largest absolute Gasteiger partial charge is 0.493 e. The summed E-state index contributed by atoms with van der Waals surface area (Å²) >= 11 is 3.87. The van der Waals surface area contributed by atoms with Crippen LogP contribution in [-0.4, -0.2) is 13.2 Å². The maximum Gasteiger partial charge on any atom is 0.122 e. The third-order valence-electron chi connectivity index (χ3n) is 4.12. The number of para-hydroxylation sites is 1. The molecule has 0 spiro atoms. The van der Waals surface area contributed by atoms with Gasteiger partial charge in [0, 0.05) is 22.7 Å². The third-order valence-corrected chi connectivity index (χ3v) is 5.29. The highest BCUT2D eigenvalue weighted by atomic mass is 79.9. The summed E-state index contributed by atoms with van der Waals surface area (Å²) in [4.78, 5) is 0.275. The van der Waals surface area contributed by atoms with Gasteiger partial charge in [0.25, 0.3) is 0 Å². The van der Waals surface area contributed by atoms with E-state index in [2.05, 4.69) is 46.3 Å². The van der Waals surface area contributed by atoms with E-state index in [1.54, 1.807) is 0 Å². The summed E-state index contributed by atoms with van der Waals surface area (Å²) in [6.45, 7) is 1.55. The first-order valence-electron chi connectivity index (χ1n) is 6.94. The molecule has 2 atom stereocenters. The van der Waals surface area contributed by atoms with Crippen LogP contribution in [-0.2, 0) is 6.42 Å². The van der Waals surface area contributed by atoms with Crippen LogP contribution in [0.1, 0.15) is 27.4 Å². The molecule has 0 radical (unpaired) electrons. The van der Waals surface area contributed by atoms with Crippen molar-refractivity contribution in [3.8, 4) is 11.5 Å². The van der Waals surface area contributed by atoms with E-state index in [0.717, 1.165) is 31.1 Å². The molecule has 4 rings (SSSR count). The number of benzene rings is 2. The molecule has 0 aromatic heterocycles. The standard InChI is InChI=1S/C17H15BrO2/c18-17(12-5-6-15-11(9-12)7-8-19-15)14-10-20-16-4-2-1-3-13(14)16/h1-6,9,14,17H,7-8,10H2. The third kappa shape index (κ3) is 1.92. The number of hydrogen-bond acceptors (Lipinski definition) is 2. The highest BCUT2D eigenvalue weighted by molar-refractivity contribution is 9.09. The molecule has 2 aliphatic heterocycles. The summed E-state index contributed by atoms with van der Waals surface area (Å²) in [7, 11) is 0. The summed E-state index contributed by atoms with van der Waals surface area (Å²) in [6, 6.07) is 14.8. The molecule has 0 N–H and O–H groups in total. The average Bonchev–Trinajstić information content (AvgIpc) is 3.12. The lowest BCUT2D eigenvalue weighted by molar-refractivity contribution is 0.329. The van der Waals surface area contributed by atoms with Crippen LogP contribution in [0, 0.1) is 0 Å². The van der Waals surface area contributed by atoms with Crippen LogP contribution >= 0.6 is 15.9 Å². The van der Waals surface area contributed by atoms with Gasteiger partial charge in [-0.15, -0.1) is 0 Å². The molecule has 2 nitrogen and oxygen atoms in total. The van der Waals surface area contributed by atoms with Crippen molar-refractivity contribution in [3.05, 3.63) is 59.2 Å². The Labute approximate surface area is 126 Å². The first kappa shape index (κ1) is 12.3. The van der Waals surface area contributed by atoms with E-state index in [9.17, 15) is 0 Å². The Morgan fingerprint density at radius 2 is 1.95 bits per heavy atom. The van der Waals surface area contributed by atoms with Crippen LogP contribution in [0.4, 0.5) is 0 Å². The van der Waals surface area contributed by atoms with Crippen molar-refractivity contribution in [2.75, 3.05) is 13.2 Å². The Balaban J connectivity index is 1.67. The fraction of sp³-hybridized carbons (Fsp3) is 0.294. The minimum atomic E-state index is 0.275. The van der Waals surface area contributed by atoms with Crippen LogP contribution in [0.25, 0.3) is 0 Å². The second-order valence-corrected chi connectivity index (χ2v) is 6.31. The van der Waals surface area contributed by atoms with Gasteiger partial charge in [0.15, 0.2) is 0 Å². The molecule has 0 bridgehead atoms. The van der Waals surface area contributed by atoms with Gasteiger partial charge in [-0.25, -0.2) is 0 Å². The minimum absolute atomic E-state index is 0.275. The molecule has 3 heteroatoms. The Morgan fingerprint density at radius 1 is 1.05 bits per heavy atom. The number of halogens is 1. The second kappa shape index (κ2) is 4.81. The van der Waals surface area contributed by atoms with Gasteiger partial charge in [-0.05, 0) is 23.3 Å². The van der Waals surface area contributed by atoms with Crippen molar-refractivity contribution >= 4 is 15.9 Å². The summed E-state index contributed by atoms with van der Waals surface area (Å²) in [5.74, 6) is 2.43. The zero-order valence-electron chi connectivity index (χ0n) is 11.0. The van der Waals surface area contributed by atoms with Gasteiger partial charge in [0.05, 0.1) is 13.2 Å². The molecular formula is C17H15BrO2. The van der Waals surface area contributed by atoms with Gasteiger partial charge in [0.1, 0.15) is 11.5 Å². The van der Waals surface area contributed by atoms with E-state index in [4.69, 9.17) is 9.47 Å². The average molecular weight is 331 g/mol. The lowest BCUT2D eigenvalue weighted by Gasteiger charge is -2.17. The lowest BCUT2D eigenvalue weighted by atomic mass is 9.92. The van der Waals surface area contributed by atoms with Gasteiger partial charge in [-0.1, -0.05) is 46.3 Å². The molecule has 2 aromatic carbocycles. The normalized spacial score (nSPS) is 20.8. The van der Waals surface area contributed by atoms with Gasteiger partial charge in [-0.2, -0.15) is 0 Å². The highest BCUT2D eigenvalue weighted by Gasteiger charge is 2.31. The zero-order valence-corrected chi connectivity index (χ0v) is 12.6. The van der Waals surface area contributed by atoms with E-state index in [1.807, 2.05) is 12.1 Å². The van der Waals surface area contributed by atoms with Crippen LogP contribution in [0.15, 0.2) is 42.5 Å². The molecule has 2 unspecified atom stereocenters.